The van der Waals surface area contributed by atoms with Gasteiger partial charge in [0, 0.05) is 51.8 Å². The molecule has 0 amide bonds. The van der Waals surface area contributed by atoms with Crippen LogP contribution in [0, 0.1) is 0 Å². The zero-order valence-electron chi connectivity index (χ0n) is 33.0. The lowest BCUT2D eigenvalue weighted by Gasteiger charge is -2.28. The number of nitrogens with zero attached hydrogens (tertiary/aromatic N) is 1. The van der Waals surface area contributed by atoms with E-state index in [1.165, 1.54) is 73.8 Å². The van der Waals surface area contributed by atoms with Gasteiger partial charge in [0.05, 0.1) is 0 Å². The lowest BCUT2D eigenvalue weighted by Crippen LogP contribution is -2.17. The number of fused-ring (bicyclic) bond motifs is 6. The van der Waals surface area contributed by atoms with Crippen LogP contribution in [0.3, 0.4) is 0 Å². The molecule has 8 aromatic rings. The Labute approximate surface area is 360 Å². The third-order valence-electron chi connectivity index (χ3n) is 11.5. The second-order valence-electron chi connectivity index (χ2n) is 15.4. The number of benzene rings is 7. The first-order valence-electron chi connectivity index (χ1n) is 19.9. The Morgan fingerprint density at radius 3 is 1.75 bits per heavy atom. The van der Waals surface area contributed by atoms with Crippen LogP contribution in [0.2, 0.25) is 0 Å². The van der Waals surface area contributed by atoms with Crippen molar-refractivity contribution in [3.05, 3.63) is 218 Å². The van der Waals surface area contributed by atoms with Crippen LogP contribution in [0.25, 0.3) is 48.7 Å². The summed E-state index contributed by atoms with van der Waals surface area (Å²) in [5.74, 6) is 0. The van der Waals surface area contributed by atoms with E-state index in [4.69, 9.17) is 0 Å². The summed E-state index contributed by atoms with van der Waals surface area (Å²) in [5.41, 5.74) is 15.8. The van der Waals surface area contributed by atoms with E-state index < -0.39 is 0 Å². The second kappa shape index (κ2) is 15.3. The quantitative estimate of drug-likeness (QED) is 0.134. The van der Waals surface area contributed by atoms with E-state index in [0.717, 1.165) is 28.2 Å². The molecule has 284 valence electrons. The van der Waals surface area contributed by atoms with Crippen LogP contribution in [0.1, 0.15) is 30.5 Å². The predicted octanol–water partition coefficient (Wildman–Crippen LogP) is 16.9. The molecule has 0 saturated heterocycles. The molecule has 1 nitrogen and oxygen atoms in total. The summed E-state index contributed by atoms with van der Waals surface area (Å²) in [5, 5.41) is 0. The van der Waals surface area contributed by atoms with Crippen molar-refractivity contribution in [2.24, 2.45) is 0 Å². The van der Waals surface area contributed by atoms with Gasteiger partial charge in [-0.1, -0.05) is 166 Å². The molecule has 0 atom stereocenters. The molecule has 0 saturated carbocycles. The van der Waals surface area contributed by atoms with Gasteiger partial charge in [-0.25, -0.2) is 0 Å². The van der Waals surface area contributed by atoms with E-state index in [1.807, 2.05) is 47.0 Å². The van der Waals surface area contributed by atoms with Crippen LogP contribution in [-0.2, 0) is 5.41 Å². The molecule has 2 heterocycles. The molecule has 0 unspecified atom stereocenters. The standard InChI is InChI=1S/C55H41NS3/c1-5-12-36(6-2)38-17-24-42(25-18-38)56(43-26-19-39(20-27-43)37-13-8-7-9-14-37)44-28-21-40(22-29-44)48-33-34-49(57-48)41-23-30-45-46-31-32-52-54(53(46)55(3,4)47(45)35-41)59-51-16-11-10-15-50(51)58-52/h5-35H,1-2H2,3-4H3/b36-12+. The van der Waals surface area contributed by atoms with Crippen molar-refractivity contribution in [2.45, 2.75) is 38.8 Å². The SMILES string of the molecule is C=C/C=C(\C=C)c1ccc(N(c2ccc(-c3ccccc3)cc2)c2ccc(-c3ccc(-c4ccc5c(c4)C(C)(C)c4c-5ccc5c4Sc4ccccc4S5)s3)cc2)cc1. The highest BCUT2D eigenvalue weighted by Gasteiger charge is 2.40. The average molecular weight is 812 g/mol. The maximum absolute atomic E-state index is 4.01. The van der Waals surface area contributed by atoms with Crippen molar-refractivity contribution in [1.82, 2.24) is 0 Å². The fourth-order valence-electron chi connectivity index (χ4n) is 8.54. The number of hydrogen-bond donors (Lipinski definition) is 0. The molecule has 10 rings (SSSR count). The minimum atomic E-state index is -0.105. The van der Waals surface area contributed by atoms with Gasteiger partial charge in [-0.2, -0.15) is 0 Å². The molecule has 7 aromatic carbocycles. The van der Waals surface area contributed by atoms with Crippen LogP contribution in [0.15, 0.2) is 221 Å². The van der Waals surface area contributed by atoms with Crippen molar-refractivity contribution in [3.8, 4) is 43.1 Å². The van der Waals surface area contributed by atoms with Gasteiger partial charge in [0.1, 0.15) is 0 Å². The lowest BCUT2D eigenvalue weighted by molar-refractivity contribution is 0.642. The molecular weight excluding hydrogens is 771 g/mol. The molecule has 1 aliphatic heterocycles. The summed E-state index contributed by atoms with van der Waals surface area (Å²) in [7, 11) is 0. The summed E-state index contributed by atoms with van der Waals surface area (Å²) < 4.78 is 0. The molecular formula is C55H41NS3. The molecule has 0 fully saturated rings. The predicted molar refractivity (Wildman–Crippen MR) is 256 cm³/mol. The van der Waals surface area contributed by atoms with Crippen molar-refractivity contribution >= 4 is 57.5 Å². The van der Waals surface area contributed by atoms with Crippen LogP contribution < -0.4 is 4.90 Å². The van der Waals surface area contributed by atoms with Gasteiger partial charge < -0.3 is 4.90 Å². The Balaban J connectivity index is 0.947. The first kappa shape index (κ1) is 37.2. The maximum atomic E-state index is 4.01. The van der Waals surface area contributed by atoms with Crippen molar-refractivity contribution < 1.29 is 0 Å². The van der Waals surface area contributed by atoms with E-state index >= 15 is 0 Å². The lowest BCUT2D eigenvalue weighted by atomic mass is 9.82. The highest BCUT2D eigenvalue weighted by Crippen LogP contribution is 2.59. The minimum absolute atomic E-state index is 0.105. The van der Waals surface area contributed by atoms with Gasteiger partial charge in [-0.3, -0.25) is 0 Å². The first-order chi connectivity index (χ1) is 28.9. The van der Waals surface area contributed by atoms with Gasteiger partial charge in [0.2, 0.25) is 0 Å². The highest BCUT2D eigenvalue weighted by atomic mass is 32.2. The van der Waals surface area contributed by atoms with E-state index in [9.17, 15) is 0 Å². The number of rotatable bonds is 9. The van der Waals surface area contributed by atoms with Crippen LogP contribution in [-0.4, -0.2) is 0 Å². The number of thiophene rings is 1. The average Bonchev–Trinajstić information content (AvgIpc) is 3.87. The van der Waals surface area contributed by atoms with E-state index in [2.05, 4.69) is 202 Å². The molecule has 59 heavy (non-hydrogen) atoms. The third-order valence-corrected chi connectivity index (χ3v) is 15.3. The summed E-state index contributed by atoms with van der Waals surface area (Å²) in [6.07, 6.45) is 5.67. The fourth-order valence-corrected chi connectivity index (χ4v) is 12.1. The maximum Gasteiger partial charge on any atom is 0.0462 e. The summed E-state index contributed by atoms with van der Waals surface area (Å²) >= 11 is 5.70. The Kier molecular flexibility index (Phi) is 9.65. The zero-order valence-corrected chi connectivity index (χ0v) is 35.4. The smallest absolute Gasteiger partial charge is 0.0462 e. The Bertz CT molecular complexity index is 2910. The molecule has 1 aromatic heterocycles. The molecule has 0 spiro atoms. The summed E-state index contributed by atoms with van der Waals surface area (Å²) in [6.45, 7) is 12.7. The Hall–Kier alpha value is -6.04. The zero-order chi connectivity index (χ0) is 40.1. The van der Waals surface area contributed by atoms with Gasteiger partial charge in [-0.15, -0.1) is 11.3 Å². The van der Waals surface area contributed by atoms with Crippen molar-refractivity contribution in [2.75, 3.05) is 4.90 Å². The van der Waals surface area contributed by atoms with Gasteiger partial charge in [-0.05, 0) is 128 Å². The van der Waals surface area contributed by atoms with Gasteiger partial charge in [0.15, 0.2) is 0 Å². The normalized spacial score (nSPS) is 13.5. The molecule has 4 heteroatoms. The molecule has 2 aliphatic rings. The first-order valence-corrected chi connectivity index (χ1v) is 22.3. The highest BCUT2D eigenvalue weighted by molar-refractivity contribution is 8.05. The number of hydrogen-bond acceptors (Lipinski definition) is 4. The van der Waals surface area contributed by atoms with Crippen molar-refractivity contribution in [1.29, 1.82) is 0 Å². The van der Waals surface area contributed by atoms with Crippen LogP contribution >= 0.6 is 34.9 Å². The molecule has 0 N–H and O–H groups in total. The number of allylic oxidation sites excluding steroid dienone is 4. The van der Waals surface area contributed by atoms with Crippen LogP contribution in [0.5, 0.6) is 0 Å². The Morgan fingerprint density at radius 1 is 0.525 bits per heavy atom. The van der Waals surface area contributed by atoms with Crippen LogP contribution in [0.4, 0.5) is 17.1 Å². The Morgan fingerprint density at radius 2 is 1.08 bits per heavy atom. The molecule has 1 aliphatic carbocycles. The summed E-state index contributed by atoms with van der Waals surface area (Å²) in [4.78, 5) is 10.3. The van der Waals surface area contributed by atoms with E-state index in [-0.39, 0.29) is 5.41 Å². The van der Waals surface area contributed by atoms with E-state index in [0.29, 0.717) is 0 Å². The van der Waals surface area contributed by atoms with Crippen molar-refractivity contribution in [3.63, 3.8) is 0 Å². The number of anilines is 3. The molecule has 0 radical (unpaired) electrons. The molecule has 0 bridgehead atoms. The van der Waals surface area contributed by atoms with Gasteiger partial charge >= 0.3 is 0 Å². The largest absolute Gasteiger partial charge is 0.311 e. The summed E-state index contributed by atoms with van der Waals surface area (Å²) in [6, 6.07) is 62.2. The second-order valence-corrected chi connectivity index (χ2v) is 18.6. The van der Waals surface area contributed by atoms with Gasteiger partial charge in [0.25, 0.3) is 0 Å². The third kappa shape index (κ3) is 6.72. The van der Waals surface area contributed by atoms with E-state index in [1.54, 1.807) is 6.08 Å². The minimum Gasteiger partial charge on any atom is -0.311 e. The fraction of sp³-hybridized carbons (Fsp3) is 0.0545. The monoisotopic (exact) mass is 811 g/mol. The topological polar surface area (TPSA) is 3.24 Å².